The Labute approximate surface area is 261 Å². The van der Waals surface area contributed by atoms with Crippen LogP contribution in [0.25, 0.3) is 6.08 Å². The number of phenolic OH excluding ortho intramolecular Hbond substituents is 1. The smallest absolute Gasteiger partial charge is 0.133 e. The molecule has 2 aromatic carbocycles. The van der Waals surface area contributed by atoms with E-state index in [-0.39, 0.29) is 39.6 Å². The van der Waals surface area contributed by atoms with Crippen molar-refractivity contribution in [1.82, 2.24) is 0 Å². The van der Waals surface area contributed by atoms with E-state index in [4.69, 9.17) is 4.74 Å². The van der Waals surface area contributed by atoms with Gasteiger partial charge < -0.3 is 14.9 Å². The van der Waals surface area contributed by atoms with Gasteiger partial charge in [-0.05, 0) is 123 Å². The fourth-order valence-electron chi connectivity index (χ4n) is 10.5. The molecule has 234 valence electrons. The molecular formula is C40H56O3. The number of allylic oxidation sites excluding steroid dienone is 1. The molecule has 3 heteroatoms. The number of rotatable bonds is 4. The summed E-state index contributed by atoms with van der Waals surface area (Å²) in [5, 5.41) is 23.4. The topological polar surface area (TPSA) is 49.7 Å². The minimum Gasteiger partial charge on any atom is -0.508 e. The predicted molar refractivity (Wildman–Crippen MR) is 178 cm³/mol. The lowest BCUT2D eigenvalue weighted by atomic mass is 9.49. The maximum absolute atomic E-state index is 12.3. The normalized spacial score (nSPS) is 33.9. The predicted octanol–water partition coefficient (Wildman–Crippen LogP) is 10.3. The Bertz CT molecular complexity index is 1440. The number of ether oxygens (including phenoxy) is 1. The summed E-state index contributed by atoms with van der Waals surface area (Å²) < 4.78 is 7.32. The fourth-order valence-corrected chi connectivity index (χ4v) is 10.5. The van der Waals surface area contributed by atoms with Crippen LogP contribution in [0.2, 0.25) is 0 Å². The molecule has 2 N–H and O–H groups in total. The molecule has 0 amide bonds. The monoisotopic (exact) mass is 584 g/mol. The second kappa shape index (κ2) is 10.1. The van der Waals surface area contributed by atoms with Crippen molar-refractivity contribution < 1.29 is 14.9 Å². The Hall–Kier alpha value is -2.26. The van der Waals surface area contributed by atoms with E-state index in [1.807, 2.05) is 6.07 Å². The Morgan fingerprint density at radius 1 is 0.744 bits per heavy atom. The molecule has 2 saturated carbocycles. The van der Waals surface area contributed by atoms with Gasteiger partial charge in [0.1, 0.15) is 23.7 Å². The molecule has 0 aromatic heterocycles. The Kier molecular flexibility index (Phi) is 7.24. The molecule has 6 atom stereocenters. The molecule has 4 aliphatic carbocycles. The lowest BCUT2D eigenvalue weighted by Crippen LogP contribution is -2.57. The van der Waals surface area contributed by atoms with E-state index in [0.717, 1.165) is 41.7 Å². The molecule has 3 nitrogen and oxygen atoms in total. The zero-order chi connectivity index (χ0) is 31.3. The first-order valence-electron chi connectivity index (χ1n) is 17.1. The van der Waals surface area contributed by atoms with Crippen molar-refractivity contribution in [2.24, 2.45) is 22.7 Å². The van der Waals surface area contributed by atoms with Crippen molar-refractivity contribution in [2.75, 3.05) is 0 Å². The molecule has 2 fully saturated rings. The van der Waals surface area contributed by atoms with Crippen LogP contribution in [-0.4, -0.2) is 16.3 Å². The number of benzene rings is 2. The van der Waals surface area contributed by atoms with Gasteiger partial charge in [-0.1, -0.05) is 94.2 Å². The van der Waals surface area contributed by atoms with Crippen molar-refractivity contribution in [2.45, 2.75) is 143 Å². The minimum atomic E-state index is -0.767. The summed E-state index contributed by atoms with van der Waals surface area (Å²) in [7, 11) is 0. The van der Waals surface area contributed by atoms with Crippen molar-refractivity contribution in [1.29, 1.82) is 0 Å². The standard InChI is InChI=1S/C40H56O3/c1-23(2)26-20-28-30(21-31(26)41)40(10)18-12-16-38(7,8)36(40)35(34(28)42)43-32-22-29-25(19-27(32)24(3)4)13-14-33-37(5,6)15-11-17-39(29,33)9/h13-14,19-24,33-36,41-42H,11-12,15-18H2,1-10H3/t33-,34-,35-,36-,39+,40+/m0/s1. The van der Waals surface area contributed by atoms with E-state index in [2.05, 4.69) is 99.6 Å². The molecule has 0 radical (unpaired) electrons. The van der Waals surface area contributed by atoms with E-state index in [1.165, 1.54) is 36.0 Å². The molecular weight excluding hydrogens is 528 g/mol. The average Bonchev–Trinajstić information content (AvgIpc) is 2.90. The van der Waals surface area contributed by atoms with Gasteiger partial charge in [0.05, 0.1) is 0 Å². The summed E-state index contributed by atoms with van der Waals surface area (Å²) in [5.41, 5.74) is 7.02. The van der Waals surface area contributed by atoms with Crippen molar-refractivity contribution >= 4 is 6.08 Å². The van der Waals surface area contributed by atoms with E-state index < -0.39 is 6.10 Å². The lowest BCUT2D eigenvalue weighted by molar-refractivity contribution is -0.101. The molecule has 0 spiro atoms. The highest BCUT2D eigenvalue weighted by molar-refractivity contribution is 5.65. The van der Waals surface area contributed by atoms with Crippen LogP contribution in [0.5, 0.6) is 11.5 Å². The second-order valence-corrected chi connectivity index (χ2v) is 17.1. The lowest BCUT2D eigenvalue weighted by Gasteiger charge is -2.58. The average molecular weight is 585 g/mol. The van der Waals surface area contributed by atoms with Crippen LogP contribution in [0.1, 0.15) is 159 Å². The first-order valence-corrected chi connectivity index (χ1v) is 17.1. The van der Waals surface area contributed by atoms with Gasteiger partial charge in [0.15, 0.2) is 0 Å². The SMILES string of the molecule is CC(C)c1cc2c(cc1O)[C@@]1(C)CCCC(C)(C)[C@@H]1[C@@H](Oc1cc3c(cc1C(C)C)C=C[C@H]1C(C)(C)CCC[C@]31C)[C@H]2O. The maximum atomic E-state index is 12.3. The van der Waals surface area contributed by atoms with Crippen LogP contribution < -0.4 is 4.74 Å². The van der Waals surface area contributed by atoms with Crippen molar-refractivity contribution in [3.63, 3.8) is 0 Å². The van der Waals surface area contributed by atoms with Crippen LogP contribution in [0, 0.1) is 22.7 Å². The Balaban J connectivity index is 1.52. The van der Waals surface area contributed by atoms with Gasteiger partial charge in [0, 0.05) is 5.92 Å². The van der Waals surface area contributed by atoms with Crippen LogP contribution in [0.3, 0.4) is 0 Å². The summed E-state index contributed by atoms with van der Waals surface area (Å²) in [6.45, 7) is 23.2. The highest BCUT2D eigenvalue weighted by atomic mass is 16.5. The van der Waals surface area contributed by atoms with E-state index >= 15 is 0 Å². The molecule has 0 heterocycles. The quantitative estimate of drug-likeness (QED) is 0.376. The molecule has 0 unspecified atom stereocenters. The Morgan fingerprint density at radius 3 is 2.02 bits per heavy atom. The summed E-state index contributed by atoms with van der Waals surface area (Å²) in [6.07, 6.45) is 10.7. The van der Waals surface area contributed by atoms with Gasteiger partial charge in [-0.25, -0.2) is 0 Å². The number of fused-ring (bicyclic) bond motifs is 6. The van der Waals surface area contributed by atoms with Gasteiger partial charge in [0.25, 0.3) is 0 Å². The van der Waals surface area contributed by atoms with Crippen LogP contribution in [-0.2, 0) is 10.8 Å². The highest BCUT2D eigenvalue weighted by Gasteiger charge is 2.58. The fraction of sp³-hybridized carbons (Fsp3) is 0.650. The van der Waals surface area contributed by atoms with Gasteiger partial charge >= 0.3 is 0 Å². The third-order valence-corrected chi connectivity index (χ3v) is 12.6. The van der Waals surface area contributed by atoms with Crippen molar-refractivity contribution in [3.05, 3.63) is 63.7 Å². The first kappa shape index (κ1) is 30.8. The second-order valence-electron chi connectivity index (χ2n) is 17.1. The molecule has 0 saturated heterocycles. The molecule has 2 aromatic rings. The largest absolute Gasteiger partial charge is 0.508 e. The van der Waals surface area contributed by atoms with Gasteiger partial charge in [-0.15, -0.1) is 0 Å². The number of phenols is 1. The summed E-state index contributed by atoms with van der Waals surface area (Å²) in [4.78, 5) is 0. The van der Waals surface area contributed by atoms with E-state index in [9.17, 15) is 10.2 Å². The van der Waals surface area contributed by atoms with Gasteiger partial charge in [-0.3, -0.25) is 0 Å². The van der Waals surface area contributed by atoms with E-state index in [1.54, 1.807) is 0 Å². The first-order chi connectivity index (χ1) is 20.0. The highest BCUT2D eigenvalue weighted by Crippen LogP contribution is 2.61. The molecule has 4 aliphatic rings. The molecule has 43 heavy (non-hydrogen) atoms. The number of hydrogen-bond donors (Lipinski definition) is 2. The van der Waals surface area contributed by atoms with Crippen molar-refractivity contribution in [3.8, 4) is 11.5 Å². The third kappa shape index (κ3) is 4.62. The zero-order valence-electron chi connectivity index (χ0n) is 28.5. The number of aromatic hydroxyl groups is 1. The third-order valence-electron chi connectivity index (χ3n) is 12.6. The van der Waals surface area contributed by atoms with E-state index in [0.29, 0.717) is 17.6 Å². The van der Waals surface area contributed by atoms with Gasteiger partial charge in [-0.2, -0.15) is 0 Å². The maximum Gasteiger partial charge on any atom is 0.133 e. The molecule has 0 aliphatic heterocycles. The Morgan fingerprint density at radius 2 is 1.37 bits per heavy atom. The van der Waals surface area contributed by atoms with Crippen LogP contribution in [0.15, 0.2) is 30.3 Å². The van der Waals surface area contributed by atoms with Crippen LogP contribution >= 0.6 is 0 Å². The summed E-state index contributed by atoms with van der Waals surface area (Å²) in [5.74, 6) is 2.37. The van der Waals surface area contributed by atoms with Crippen LogP contribution in [0.4, 0.5) is 0 Å². The number of hydrogen-bond acceptors (Lipinski definition) is 3. The summed E-state index contributed by atoms with van der Waals surface area (Å²) in [6, 6.07) is 8.83. The minimum absolute atomic E-state index is 0.0257. The summed E-state index contributed by atoms with van der Waals surface area (Å²) >= 11 is 0. The molecule has 0 bridgehead atoms. The number of aliphatic hydroxyl groups is 1. The zero-order valence-corrected chi connectivity index (χ0v) is 28.5. The van der Waals surface area contributed by atoms with Gasteiger partial charge in [0.2, 0.25) is 0 Å². The number of aliphatic hydroxyl groups excluding tert-OH is 1. The molecule has 6 rings (SSSR count).